The Morgan fingerprint density at radius 2 is 1.76 bits per heavy atom. The lowest BCUT2D eigenvalue weighted by Crippen LogP contribution is -2.29. The highest BCUT2D eigenvalue weighted by atomic mass is 35.5. The van der Waals surface area contributed by atoms with Gasteiger partial charge in [-0.25, -0.2) is 8.42 Å². The predicted octanol–water partition coefficient (Wildman–Crippen LogP) is 1.35. The quantitative estimate of drug-likeness (QED) is 0.906. The molecule has 17 heavy (non-hydrogen) atoms. The van der Waals surface area contributed by atoms with Gasteiger partial charge in [-0.15, -0.1) is 12.4 Å². The molecule has 0 bridgehead atoms. The van der Waals surface area contributed by atoms with Gasteiger partial charge in [-0.05, 0) is 24.5 Å². The minimum absolute atomic E-state index is 0. The van der Waals surface area contributed by atoms with Crippen molar-refractivity contribution in [1.82, 2.24) is 4.31 Å². The first-order valence-corrected chi connectivity index (χ1v) is 6.88. The van der Waals surface area contributed by atoms with Crippen LogP contribution in [0.15, 0.2) is 29.2 Å². The largest absolute Gasteiger partial charge is 0.326 e. The van der Waals surface area contributed by atoms with E-state index in [-0.39, 0.29) is 19.0 Å². The number of hydrogen-bond donors (Lipinski definition) is 1. The van der Waals surface area contributed by atoms with Crippen molar-refractivity contribution in [2.24, 2.45) is 5.73 Å². The fraction of sp³-hybridized carbons (Fsp3) is 0.455. The van der Waals surface area contributed by atoms with E-state index in [9.17, 15) is 8.42 Å². The van der Waals surface area contributed by atoms with Crippen LogP contribution in [0.1, 0.15) is 18.4 Å². The summed E-state index contributed by atoms with van der Waals surface area (Å²) >= 11 is 0. The van der Waals surface area contributed by atoms with Gasteiger partial charge in [-0.2, -0.15) is 4.31 Å². The highest BCUT2D eigenvalue weighted by Gasteiger charge is 2.28. The van der Waals surface area contributed by atoms with Crippen LogP contribution in [0.2, 0.25) is 0 Å². The molecule has 96 valence electrons. The van der Waals surface area contributed by atoms with E-state index >= 15 is 0 Å². The van der Waals surface area contributed by atoms with E-state index in [1.54, 1.807) is 22.5 Å². The fourth-order valence-electron chi connectivity index (χ4n) is 1.99. The zero-order valence-electron chi connectivity index (χ0n) is 9.50. The molecule has 2 N–H and O–H groups in total. The third-order valence-corrected chi connectivity index (χ3v) is 4.87. The Labute approximate surface area is 108 Å². The summed E-state index contributed by atoms with van der Waals surface area (Å²) in [5.41, 5.74) is 6.25. The van der Waals surface area contributed by atoms with Crippen molar-refractivity contribution in [2.75, 3.05) is 13.1 Å². The van der Waals surface area contributed by atoms with Crippen LogP contribution in [0.5, 0.6) is 0 Å². The van der Waals surface area contributed by atoms with E-state index in [0.29, 0.717) is 23.5 Å². The Bertz CT molecular complexity index is 470. The first-order valence-electron chi connectivity index (χ1n) is 5.44. The smallest absolute Gasteiger partial charge is 0.243 e. The second-order valence-electron chi connectivity index (χ2n) is 3.92. The van der Waals surface area contributed by atoms with Crippen molar-refractivity contribution >= 4 is 22.4 Å². The molecule has 1 fully saturated rings. The average Bonchev–Trinajstić information content (AvgIpc) is 2.83. The van der Waals surface area contributed by atoms with Gasteiger partial charge >= 0.3 is 0 Å². The normalized spacial score (nSPS) is 16.8. The second-order valence-corrected chi connectivity index (χ2v) is 5.83. The lowest BCUT2D eigenvalue weighted by molar-refractivity contribution is 0.476. The topological polar surface area (TPSA) is 63.4 Å². The number of rotatable bonds is 3. The zero-order valence-corrected chi connectivity index (χ0v) is 11.1. The first kappa shape index (κ1) is 14.4. The molecular weight excluding hydrogens is 260 g/mol. The van der Waals surface area contributed by atoms with Crippen LogP contribution in [0.4, 0.5) is 0 Å². The molecule has 0 spiro atoms. The van der Waals surface area contributed by atoms with Crippen LogP contribution < -0.4 is 5.73 Å². The van der Waals surface area contributed by atoms with Gasteiger partial charge in [0.05, 0.1) is 4.90 Å². The van der Waals surface area contributed by atoms with E-state index < -0.39 is 10.0 Å². The molecule has 0 unspecified atom stereocenters. The molecule has 1 heterocycles. The van der Waals surface area contributed by atoms with Gasteiger partial charge in [0.25, 0.3) is 0 Å². The summed E-state index contributed by atoms with van der Waals surface area (Å²) in [6.45, 7) is 1.51. The molecule has 0 aliphatic carbocycles. The first-order chi connectivity index (χ1) is 7.66. The van der Waals surface area contributed by atoms with Gasteiger partial charge in [0.1, 0.15) is 0 Å². The van der Waals surface area contributed by atoms with Crippen molar-refractivity contribution in [2.45, 2.75) is 24.3 Å². The minimum atomic E-state index is -3.33. The third kappa shape index (κ3) is 2.80. The van der Waals surface area contributed by atoms with E-state index in [1.807, 2.05) is 6.07 Å². The summed E-state index contributed by atoms with van der Waals surface area (Å²) in [6, 6.07) is 6.95. The van der Waals surface area contributed by atoms with Gasteiger partial charge in [-0.3, -0.25) is 0 Å². The number of halogens is 1. The number of hydrogen-bond acceptors (Lipinski definition) is 3. The third-order valence-electron chi connectivity index (χ3n) is 2.88. The molecule has 0 saturated carbocycles. The Morgan fingerprint density at radius 3 is 2.35 bits per heavy atom. The molecule has 4 nitrogen and oxygen atoms in total. The standard InChI is InChI=1S/C11H16N2O2S.ClH/c12-9-10-5-1-2-6-11(10)16(14,15)13-7-3-4-8-13;/h1-2,5-6H,3-4,7-9,12H2;1H. The molecule has 6 heteroatoms. The molecule has 1 aliphatic rings. The van der Waals surface area contributed by atoms with Crippen LogP contribution in [0.25, 0.3) is 0 Å². The SMILES string of the molecule is Cl.NCc1ccccc1S(=O)(=O)N1CCCC1. The van der Waals surface area contributed by atoms with Crippen molar-refractivity contribution < 1.29 is 8.42 Å². The zero-order chi connectivity index (χ0) is 11.6. The molecule has 1 aromatic carbocycles. The van der Waals surface area contributed by atoms with Crippen molar-refractivity contribution in [1.29, 1.82) is 0 Å². The van der Waals surface area contributed by atoms with Crippen LogP contribution in [-0.4, -0.2) is 25.8 Å². The maximum absolute atomic E-state index is 12.3. The maximum Gasteiger partial charge on any atom is 0.243 e. The second kappa shape index (κ2) is 5.82. The molecule has 0 radical (unpaired) electrons. The van der Waals surface area contributed by atoms with Crippen molar-refractivity contribution in [3.8, 4) is 0 Å². The molecule has 0 aromatic heterocycles. The number of nitrogens with zero attached hydrogens (tertiary/aromatic N) is 1. The maximum atomic E-state index is 12.3. The summed E-state index contributed by atoms with van der Waals surface area (Å²) < 4.78 is 26.1. The summed E-state index contributed by atoms with van der Waals surface area (Å²) in [4.78, 5) is 0.361. The number of nitrogens with two attached hydrogens (primary N) is 1. The van der Waals surface area contributed by atoms with Gasteiger partial charge in [0.2, 0.25) is 10.0 Å². The van der Waals surface area contributed by atoms with Crippen molar-refractivity contribution in [3.63, 3.8) is 0 Å². The van der Waals surface area contributed by atoms with Crippen molar-refractivity contribution in [3.05, 3.63) is 29.8 Å². The highest BCUT2D eigenvalue weighted by Crippen LogP contribution is 2.23. The lowest BCUT2D eigenvalue weighted by Gasteiger charge is -2.17. The summed E-state index contributed by atoms with van der Waals surface area (Å²) in [5.74, 6) is 0. The van der Waals surface area contributed by atoms with Crippen LogP contribution in [0.3, 0.4) is 0 Å². The summed E-state index contributed by atoms with van der Waals surface area (Å²) in [6.07, 6.45) is 1.90. The van der Waals surface area contributed by atoms with Gasteiger partial charge < -0.3 is 5.73 Å². The van der Waals surface area contributed by atoms with Crippen LogP contribution in [0, 0.1) is 0 Å². The van der Waals surface area contributed by atoms with E-state index in [4.69, 9.17) is 5.73 Å². The van der Waals surface area contributed by atoms with Gasteiger partial charge in [-0.1, -0.05) is 18.2 Å². The minimum Gasteiger partial charge on any atom is -0.326 e. The van der Waals surface area contributed by atoms with Gasteiger partial charge in [0, 0.05) is 19.6 Å². The van der Waals surface area contributed by atoms with Gasteiger partial charge in [0.15, 0.2) is 0 Å². The molecule has 1 saturated heterocycles. The Kier molecular flexibility index (Phi) is 4.94. The van der Waals surface area contributed by atoms with E-state index in [1.165, 1.54) is 0 Å². The number of sulfonamides is 1. The molecular formula is C11H17ClN2O2S. The Hall–Kier alpha value is -0.620. The molecule has 2 rings (SSSR count). The lowest BCUT2D eigenvalue weighted by atomic mass is 10.2. The van der Waals surface area contributed by atoms with Crippen LogP contribution in [-0.2, 0) is 16.6 Å². The molecule has 1 aromatic rings. The fourth-order valence-corrected chi connectivity index (χ4v) is 3.74. The van der Waals surface area contributed by atoms with Crippen LogP contribution >= 0.6 is 12.4 Å². The predicted molar refractivity (Wildman–Crippen MR) is 69.6 cm³/mol. The monoisotopic (exact) mass is 276 g/mol. The molecule has 1 aliphatic heterocycles. The molecule has 0 amide bonds. The average molecular weight is 277 g/mol. The summed E-state index contributed by atoms with van der Waals surface area (Å²) in [5, 5.41) is 0. The summed E-state index contributed by atoms with van der Waals surface area (Å²) in [7, 11) is -3.33. The Morgan fingerprint density at radius 1 is 1.18 bits per heavy atom. The van der Waals surface area contributed by atoms with E-state index in [2.05, 4.69) is 0 Å². The number of benzene rings is 1. The highest BCUT2D eigenvalue weighted by molar-refractivity contribution is 7.89. The van der Waals surface area contributed by atoms with E-state index in [0.717, 1.165) is 12.8 Å². The molecule has 0 atom stereocenters. The Balaban J connectivity index is 0.00000144.